The Morgan fingerprint density at radius 1 is 0.679 bits per heavy atom. The van der Waals surface area contributed by atoms with Crippen LogP contribution in [0.1, 0.15) is 129 Å². The Balaban J connectivity index is 3.18. The van der Waals surface area contributed by atoms with Gasteiger partial charge >= 0.3 is 0 Å². The van der Waals surface area contributed by atoms with Crippen LogP contribution < -0.4 is 11.1 Å². The molecule has 2 heteroatoms. The maximum atomic E-state index is 5.51. The number of rotatable bonds is 23. The van der Waals surface area contributed by atoms with E-state index in [0.29, 0.717) is 0 Å². The second-order valence-electron chi connectivity index (χ2n) is 8.70. The molecule has 1 unspecified atom stereocenters. The first-order valence-corrected chi connectivity index (χ1v) is 12.9. The highest BCUT2D eigenvalue weighted by Crippen LogP contribution is 2.12. The van der Waals surface area contributed by atoms with E-state index in [2.05, 4.69) is 31.3 Å². The largest absolute Gasteiger partial charge is 0.330 e. The Morgan fingerprint density at radius 2 is 1.21 bits per heavy atom. The fourth-order valence-corrected chi connectivity index (χ4v) is 3.82. The first kappa shape index (κ1) is 27.7. The first-order valence-electron chi connectivity index (χ1n) is 12.9. The molecule has 0 spiro atoms. The van der Waals surface area contributed by atoms with Gasteiger partial charge < -0.3 is 11.1 Å². The molecule has 0 bridgehead atoms. The van der Waals surface area contributed by atoms with Crippen molar-refractivity contribution >= 4 is 0 Å². The summed E-state index contributed by atoms with van der Waals surface area (Å²) in [7, 11) is 0. The van der Waals surface area contributed by atoms with Gasteiger partial charge in [0.15, 0.2) is 0 Å². The van der Waals surface area contributed by atoms with Crippen molar-refractivity contribution in [3.05, 3.63) is 12.2 Å². The molecule has 0 aromatic carbocycles. The molecule has 0 fully saturated rings. The Hall–Kier alpha value is -0.340. The zero-order valence-corrected chi connectivity index (χ0v) is 19.7. The van der Waals surface area contributed by atoms with Gasteiger partial charge in [0.05, 0.1) is 0 Å². The zero-order chi connectivity index (χ0) is 20.5. The molecule has 0 saturated heterocycles. The van der Waals surface area contributed by atoms with Crippen LogP contribution in [0.3, 0.4) is 0 Å². The molecule has 1 atom stereocenters. The Kier molecular flexibility index (Phi) is 24.4. The molecule has 0 aliphatic heterocycles. The summed E-state index contributed by atoms with van der Waals surface area (Å²) >= 11 is 0. The molecular weight excluding hydrogens is 340 g/mol. The molecule has 0 aliphatic rings. The summed E-state index contributed by atoms with van der Waals surface area (Å²) in [6.07, 6.45) is 29.3. The van der Waals surface area contributed by atoms with Crippen LogP contribution in [0.25, 0.3) is 0 Å². The molecule has 0 rings (SSSR count). The fraction of sp³-hybridized carbons (Fsp3) is 0.923. The van der Waals surface area contributed by atoms with Gasteiger partial charge in [0, 0.05) is 0 Å². The molecule has 168 valence electrons. The molecule has 0 amide bonds. The van der Waals surface area contributed by atoms with Crippen molar-refractivity contribution in [2.24, 2.45) is 11.7 Å². The van der Waals surface area contributed by atoms with Gasteiger partial charge in [-0.1, -0.05) is 96.6 Å². The number of unbranched alkanes of at least 4 members (excludes halogenated alkanes) is 13. The zero-order valence-electron chi connectivity index (χ0n) is 19.7. The minimum atomic E-state index is 0.860. The highest BCUT2D eigenvalue weighted by molar-refractivity contribution is 4.81. The molecule has 28 heavy (non-hydrogen) atoms. The number of hydrogen-bond donors (Lipinski definition) is 2. The average molecular weight is 395 g/mol. The van der Waals surface area contributed by atoms with Crippen LogP contribution in [-0.2, 0) is 0 Å². The minimum Gasteiger partial charge on any atom is -0.330 e. The van der Waals surface area contributed by atoms with Crippen LogP contribution in [0.15, 0.2) is 12.2 Å². The fourth-order valence-electron chi connectivity index (χ4n) is 3.82. The molecular formula is C26H54N2. The summed E-state index contributed by atoms with van der Waals surface area (Å²) < 4.78 is 0. The van der Waals surface area contributed by atoms with Crippen molar-refractivity contribution < 1.29 is 0 Å². The van der Waals surface area contributed by atoms with Crippen LogP contribution >= 0.6 is 0 Å². The topological polar surface area (TPSA) is 38.0 Å². The van der Waals surface area contributed by atoms with Crippen molar-refractivity contribution in [3.8, 4) is 0 Å². The lowest BCUT2D eigenvalue weighted by atomic mass is 9.99. The van der Waals surface area contributed by atoms with Crippen LogP contribution in [-0.4, -0.2) is 19.6 Å². The van der Waals surface area contributed by atoms with E-state index in [1.54, 1.807) is 0 Å². The standard InChI is InChI=1S/C26H54N2/c1-3-5-22-26(4-2)25-28-24-21-19-17-15-13-11-9-7-6-8-10-12-14-16-18-20-23-27/h6-7,26,28H,3-5,8-25,27H2,1-2H3. The molecule has 0 aromatic rings. The third-order valence-corrected chi connectivity index (χ3v) is 5.94. The van der Waals surface area contributed by atoms with E-state index in [1.165, 1.54) is 129 Å². The molecule has 0 radical (unpaired) electrons. The Labute approximate surface area is 178 Å². The molecule has 0 heterocycles. The van der Waals surface area contributed by atoms with Crippen molar-refractivity contribution in [1.82, 2.24) is 5.32 Å². The number of hydrogen-bond acceptors (Lipinski definition) is 2. The first-order chi connectivity index (χ1) is 13.8. The highest BCUT2D eigenvalue weighted by atomic mass is 14.8. The second-order valence-corrected chi connectivity index (χ2v) is 8.70. The monoisotopic (exact) mass is 394 g/mol. The van der Waals surface area contributed by atoms with Gasteiger partial charge in [0.2, 0.25) is 0 Å². The van der Waals surface area contributed by atoms with Gasteiger partial charge in [-0.15, -0.1) is 0 Å². The Morgan fingerprint density at radius 3 is 1.75 bits per heavy atom. The van der Waals surface area contributed by atoms with E-state index < -0.39 is 0 Å². The van der Waals surface area contributed by atoms with E-state index in [9.17, 15) is 0 Å². The lowest BCUT2D eigenvalue weighted by molar-refractivity contribution is 0.415. The summed E-state index contributed by atoms with van der Waals surface area (Å²) in [5.41, 5.74) is 5.51. The van der Waals surface area contributed by atoms with Gasteiger partial charge in [0.1, 0.15) is 0 Å². The number of allylic oxidation sites excluding steroid dienone is 2. The van der Waals surface area contributed by atoms with E-state index in [-0.39, 0.29) is 0 Å². The van der Waals surface area contributed by atoms with Gasteiger partial charge in [-0.2, -0.15) is 0 Å². The van der Waals surface area contributed by atoms with Crippen LogP contribution in [0.2, 0.25) is 0 Å². The SMILES string of the molecule is CCCCC(CC)CNCCCCCCCCC=CCCCCCCCCN. The van der Waals surface area contributed by atoms with Crippen molar-refractivity contribution in [2.45, 2.75) is 129 Å². The van der Waals surface area contributed by atoms with Gasteiger partial charge in [-0.05, 0) is 70.5 Å². The predicted octanol–water partition coefficient (Wildman–Crippen LogP) is 7.77. The summed E-state index contributed by atoms with van der Waals surface area (Å²) in [4.78, 5) is 0. The van der Waals surface area contributed by atoms with E-state index >= 15 is 0 Å². The molecule has 0 aromatic heterocycles. The maximum absolute atomic E-state index is 5.51. The van der Waals surface area contributed by atoms with Crippen LogP contribution in [0.5, 0.6) is 0 Å². The summed E-state index contributed by atoms with van der Waals surface area (Å²) in [5, 5.41) is 3.68. The molecule has 3 N–H and O–H groups in total. The minimum absolute atomic E-state index is 0.860. The van der Waals surface area contributed by atoms with E-state index in [1.807, 2.05) is 0 Å². The summed E-state index contributed by atoms with van der Waals surface area (Å²) in [6.45, 7) is 7.95. The van der Waals surface area contributed by atoms with Gasteiger partial charge in [0.25, 0.3) is 0 Å². The summed E-state index contributed by atoms with van der Waals surface area (Å²) in [6, 6.07) is 0. The lowest BCUT2D eigenvalue weighted by Gasteiger charge is -2.15. The third-order valence-electron chi connectivity index (χ3n) is 5.94. The predicted molar refractivity (Wildman–Crippen MR) is 129 cm³/mol. The van der Waals surface area contributed by atoms with Gasteiger partial charge in [-0.25, -0.2) is 0 Å². The molecule has 0 saturated carbocycles. The van der Waals surface area contributed by atoms with Crippen LogP contribution in [0, 0.1) is 5.92 Å². The van der Waals surface area contributed by atoms with Gasteiger partial charge in [-0.3, -0.25) is 0 Å². The third kappa shape index (κ3) is 22.0. The number of nitrogens with two attached hydrogens (primary N) is 1. The van der Waals surface area contributed by atoms with Crippen molar-refractivity contribution in [3.63, 3.8) is 0 Å². The van der Waals surface area contributed by atoms with Crippen molar-refractivity contribution in [2.75, 3.05) is 19.6 Å². The Bertz CT molecular complexity index is 301. The summed E-state index contributed by atoms with van der Waals surface area (Å²) in [5.74, 6) is 0.898. The second kappa shape index (κ2) is 24.7. The quantitative estimate of drug-likeness (QED) is 0.137. The lowest BCUT2D eigenvalue weighted by Crippen LogP contribution is -2.23. The molecule has 2 nitrogen and oxygen atoms in total. The van der Waals surface area contributed by atoms with E-state index in [4.69, 9.17) is 5.73 Å². The maximum Gasteiger partial charge on any atom is -0.00206 e. The normalized spacial score (nSPS) is 12.8. The smallest absolute Gasteiger partial charge is 0.00206 e. The average Bonchev–Trinajstić information content (AvgIpc) is 2.72. The highest BCUT2D eigenvalue weighted by Gasteiger charge is 2.04. The molecule has 0 aliphatic carbocycles. The van der Waals surface area contributed by atoms with E-state index in [0.717, 1.165) is 12.5 Å². The number of nitrogens with one attached hydrogen (secondary N) is 1. The van der Waals surface area contributed by atoms with Crippen LogP contribution in [0.4, 0.5) is 0 Å². The van der Waals surface area contributed by atoms with Crippen molar-refractivity contribution in [1.29, 1.82) is 0 Å².